The van der Waals surface area contributed by atoms with Crippen LogP contribution in [0.1, 0.15) is 38.8 Å². The highest BCUT2D eigenvalue weighted by Gasteiger charge is 2.30. The average Bonchev–Trinajstić information content (AvgIpc) is 3.00. The van der Waals surface area contributed by atoms with Gasteiger partial charge in [-0.2, -0.15) is 0 Å². The fourth-order valence-corrected chi connectivity index (χ4v) is 2.43. The Kier molecular flexibility index (Phi) is 3.38. The third-order valence-corrected chi connectivity index (χ3v) is 3.57. The Morgan fingerprint density at radius 3 is 1.64 bits per heavy atom. The molecule has 0 saturated heterocycles. The number of ether oxygens (including phenoxy) is 3. The lowest BCUT2D eigenvalue weighted by Gasteiger charge is -2.09. The normalized spacial score (nSPS) is 21.7. The minimum absolute atomic E-state index is 0.193. The van der Waals surface area contributed by atoms with Crippen molar-refractivity contribution in [3.8, 4) is 5.75 Å². The Bertz CT molecular complexity index is 608. The summed E-state index contributed by atoms with van der Waals surface area (Å²) >= 11 is 0. The molecule has 5 heteroatoms. The molecule has 1 aromatic rings. The van der Waals surface area contributed by atoms with Crippen LogP contribution in [0.2, 0.25) is 0 Å². The third kappa shape index (κ3) is 2.93. The zero-order chi connectivity index (χ0) is 16.0. The van der Waals surface area contributed by atoms with E-state index in [1.165, 1.54) is 0 Å². The highest BCUT2D eigenvalue weighted by atomic mass is 16.5. The minimum atomic E-state index is -0.193. The molecule has 0 unspecified atom stereocenters. The van der Waals surface area contributed by atoms with Crippen molar-refractivity contribution in [1.82, 2.24) is 0 Å². The van der Waals surface area contributed by atoms with Crippen LogP contribution in [-0.2, 0) is 9.47 Å². The van der Waals surface area contributed by atoms with E-state index in [1.54, 1.807) is 7.11 Å². The van der Waals surface area contributed by atoms with Gasteiger partial charge in [-0.15, -0.1) is 0 Å². The summed E-state index contributed by atoms with van der Waals surface area (Å²) in [5, 5.41) is 0. The lowest BCUT2D eigenvalue weighted by molar-refractivity contribution is 0.278. The van der Waals surface area contributed by atoms with Crippen LogP contribution in [0.15, 0.2) is 28.2 Å². The maximum absolute atomic E-state index is 5.73. The predicted molar refractivity (Wildman–Crippen MR) is 86.1 cm³/mol. The zero-order valence-corrected chi connectivity index (χ0v) is 13.8. The van der Waals surface area contributed by atoms with Crippen molar-refractivity contribution in [2.75, 3.05) is 20.3 Å². The van der Waals surface area contributed by atoms with Crippen molar-refractivity contribution in [2.24, 2.45) is 9.98 Å². The highest BCUT2D eigenvalue weighted by Crippen LogP contribution is 2.27. The fourth-order valence-electron chi connectivity index (χ4n) is 2.43. The standard InChI is InChI=1S/C17H22N2O3/c1-16(2)9-21-14(18-16)11-6-12(8-13(7-11)20-5)15-19-17(3,4)10-22-15/h6-8H,9-10H2,1-5H3. The van der Waals surface area contributed by atoms with Gasteiger partial charge in [0.15, 0.2) is 0 Å². The van der Waals surface area contributed by atoms with Crippen LogP contribution in [-0.4, -0.2) is 43.2 Å². The monoisotopic (exact) mass is 302 g/mol. The summed E-state index contributed by atoms with van der Waals surface area (Å²) in [7, 11) is 1.64. The minimum Gasteiger partial charge on any atom is -0.497 e. The molecule has 0 aliphatic carbocycles. The van der Waals surface area contributed by atoms with E-state index in [4.69, 9.17) is 14.2 Å². The van der Waals surface area contributed by atoms with Gasteiger partial charge in [0.05, 0.1) is 18.2 Å². The summed E-state index contributed by atoms with van der Waals surface area (Å²) < 4.78 is 16.8. The molecule has 0 radical (unpaired) electrons. The molecule has 0 aromatic heterocycles. The molecule has 0 bridgehead atoms. The summed E-state index contributed by atoms with van der Waals surface area (Å²) in [6.07, 6.45) is 0. The van der Waals surface area contributed by atoms with Gasteiger partial charge in [0.25, 0.3) is 0 Å². The Morgan fingerprint density at radius 1 is 0.864 bits per heavy atom. The van der Waals surface area contributed by atoms with Crippen LogP contribution in [0.5, 0.6) is 5.75 Å². The molecule has 0 fully saturated rings. The van der Waals surface area contributed by atoms with Crippen molar-refractivity contribution in [1.29, 1.82) is 0 Å². The van der Waals surface area contributed by atoms with Gasteiger partial charge < -0.3 is 14.2 Å². The molecule has 2 heterocycles. The van der Waals surface area contributed by atoms with Crippen molar-refractivity contribution < 1.29 is 14.2 Å². The molecule has 3 rings (SSSR count). The van der Waals surface area contributed by atoms with Crippen molar-refractivity contribution in [3.05, 3.63) is 29.3 Å². The molecule has 0 amide bonds. The zero-order valence-electron chi connectivity index (χ0n) is 13.8. The third-order valence-electron chi connectivity index (χ3n) is 3.57. The molecule has 0 atom stereocenters. The second kappa shape index (κ2) is 5.00. The van der Waals surface area contributed by atoms with Gasteiger partial charge in [-0.1, -0.05) is 0 Å². The van der Waals surface area contributed by atoms with E-state index in [1.807, 2.05) is 45.9 Å². The largest absolute Gasteiger partial charge is 0.497 e. The van der Waals surface area contributed by atoms with Crippen LogP contribution in [0.25, 0.3) is 0 Å². The van der Waals surface area contributed by atoms with E-state index in [2.05, 4.69) is 9.98 Å². The van der Waals surface area contributed by atoms with E-state index < -0.39 is 0 Å². The molecule has 2 aliphatic heterocycles. The van der Waals surface area contributed by atoms with Gasteiger partial charge in [0.1, 0.15) is 19.0 Å². The predicted octanol–water partition coefficient (Wildman–Crippen LogP) is 2.81. The molecule has 22 heavy (non-hydrogen) atoms. The number of hydrogen-bond acceptors (Lipinski definition) is 5. The Hall–Kier alpha value is -2.04. The van der Waals surface area contributed by atoms with E-state index in [0.29, 0.717) is 25.0 Å². The van der Waals surface area contributed by atoms with E-state index in [0.717, 1.165) is 16.9 Å². The Balaban J connectivity index is 2.01. The van der Waals surface area contributed by atoms with E-state index >= 15 is 0 Å². The van der Waals surface area contributed by atoms with Crippen LogP contribution >= 0.6 is 0 Å². The number of benzene rings is 1. The first-order valence-corrected chi connectivity index (χ1v) is 7.43. The van der Waals surface area contributed by atoms with Gasteiger partial charge in [-0.05, 0) is 45.9 Å². The highest BCUT2D eigenvalue weighted by molar-refractivity contribution is 6.01. The maximum atomic E-state index is 5.73. The molecule has 118 valence electrons. The summed E-state index contributed by atoms with van der Waals surface area (Å²) in [4.78, 5) is 9.24. The van der Waals surface area contributed by atoms with Crippen molar-refractivity contribution >= 4 is 11.8 Å². The van der Waals surface area contributed by atoms with Gasteiger partial charge in [0, 0.05) is 11.1 Å². The number of hydrogen-bond donors (Lipinski definition) is 0. The Labute approximate surface area is 131 Å². The summed E-state index contributed by atoms with van der Waals surface area (Å²) in [5.41, 5.74) is 1.39. The van der Waals surface area contributed by atoms with Crippen molar-refractivity contribution in [2.45, 2.75) is 38.8 Å². The van der Waals surface area contributed by atoms with Gasteiger partial charge >= 0.3 is 0 Å². The first kappa shape index (κ1) is 14.9. The SMILES string of the molecule is COc1cc(C2=NC(C)(C)CO2)cc(C2=NC(C)(C)CO2)c1. The number of nitrogens with zero attached hydrogens (tertiary/aromatic N) is 2. The summed E-state index contributed by atoms with van der Waals surface area (Å²) in [6.45, 7) is 9.36. The van der Waals surface area contributed by atoms with Crippen LogP contribution in [0, 0.1) is 0 Å². The Morgan fingerprint density at radius 2 is 1.32 bits per heavy atom. The molecule has 2 aliphatic rings. The van der Waals surface area contributed by atoms with Gasteiger partial charge in [-0.25, -0.2) is 9.98 Å². The maximum Gasteiger partial charge on any atom is 0.216 e. The van der Waals surface area contributed by atoms with Crippen LogP contribution < -0.4 is 4.74 Å². The average molecular weight is 302 g/mol. The second-order valence-electron chi connectivity index (χ2n) is 6.99. The second-order valence-corrected chi connectivity index (χ2v) is 6.99. The topological polar surface area (TPSA) is 52.4 Å². The van der Waals surface area contributed by atoms with E-state index in [-0.39, 0.29) is 11.1 Å². The molecular formula is C17H22N2O3. The van der Waals surface area contributed by atoms with Gasteiger partial charge in [-0.3, -0.25) is 0 Å². The van der Waals surface area contributed by atoms with Gasteiger partial charge in [0.2, 0.25) is 11.8 Å². The first-order chi connectivity index (χ1) is 10.3. The van der Waals surface area contributed by atoms with Crippen molar-refractivity contribution in [3.63, 3.8) is 0 Å². The lowest BCUT2D eigenvalue weighted by atomic mass is 10.1. The number of methoxy groups -OCH3 is 1. The van der Waals surface area contributed by atoms with E-state index in [9.17, 15) is 0 Å². The number of rotatable bonds is 3. The molecule has 0 saturated carbocycles. The molecule has 1 aromatic carbocycles. The summed E-state index contributed by atoms with van der Waals surface area (Å²) in [5.74, 6) is 2.02. The molecular weight excluding hydrogens is 280 g/mol. The quantitative estimate of drug-likeness (QED) is 0.862. The first-order valence-electron chi connectivity index (χ1n) is 7.43. The van der Waals surface area contributed by atoms with Crippen LogP contribution in [0.4, 0.5) is 0 Å². The lowest BCUT2D eigenvalue weighted by Crippen LogP contribution is -2.17. The smallest absolute Gasteiger partial charge is 0.216 e. The summed E-state index contributed by atoms with van der Waals surface area (Å²) in [6, 6.07) is 5.83. The van der Waals surface area contributed by atoms with Crippen LogP contribution in [0.3, 0.4) is 0 Å². The number of aliphatic imine (C=N–C) groups is 2. The molecule has 0 spiro atoms. The molecule has 0 N–H and O–H groups in total. The fraction of sp³-hybridized carbons (Fsp3) is 0.529. The molecule has 5 nitrogen and oxygen atoms in total.